The third-order valence-corrected chi connectivity index (χ3v) is 3.17. The Morgan fingerprint density at radius 1 is 1.26 bits per heavy atom. The van der Waals surface area contributed by atoms with Crippen LogP contribution in [0, 0.1) is 0 Å². The van der Waals surface area contributed by atoms with E-state index in [0.29, 0.717) is 0 Å². The maximum Gasteiger partial charge on any atom is 0.338 e. The van der Waals surface area contributed by atoms with E-state index in [4.69, 9.17) is 14.2 Å². The van der Waals surface area contributed by atoms with Gasteiger partial charge in [-0.1, -0.05) is 30.3 Å². The highest BCUT2D eigenvalue weighted by Crippen LogP contribution is 2.28. The SMILES string of the molecule is CC1(C)OC(=O)C=C(C[C@](C)(O)C(=O)OCc2ccccc2)O1. The zero-order valence-electron chi connectivity index (χ0n) is 13.4. The molecular formula is C17H20O6. The predicted octanol–water partition coefficient (Wildman–Crippen LogP) is 2.06. The van der Waals surface area contributed by atoms with Gasteiger partial charge in [0.15, 0.2) is 5.60 Å². The molecule has 23 heavy (non-hydrogen) atoms. The van der Waals surface area contributed by atoms with Crippen LogP contribution in [0.5, 0.6) is 0 Å². The van der Waals surface area contributed by atoms with Crippen molar-refractivity contribution in [3.05, 3.63) is 47.7 Å². The van der Waals surface area contributed by atoms with E-state index in [1.807, 2.05) is 30.3 Å². The Labute approximate surface area is 134 Å². The number of aliphatic hydroxyl groups is 1. The van der Waals surface area contributed by atoms with Gasteiger partial charge in [0.2, 0.25) is 5.79 Å². The van der Waals surface area contributed by atoms with Crippen molar-refractivity contribution in [1.29, 1.82) is 0 Å². The summed E-state index contributed by atoms with van der Waals surface area (Å²) in [4.78, 5) is 23.6. The van der Waals surface area contributed by atoms with E-state index in [-0.39, 0.29) is 18.8 Å². The van der Waals surface area contributed by atoms with Crippen LogP contribution in [-0.4, -0.2) is 28.4 Å². The second-order valence-corrected chi connectivity index (χ2v) is 6.05. The fourth-order valence-electron chi connectivity index (χ4n) is 2.15. The van der Waals surface area contributed by atoms with Crippen LogP contribution >= 0.6 is 0 Å². The maximum atomic E-state index is 12.1. The molecule has 1 N–H and O–H groups in total. The van der Waals surface area contributed by atoms with Crippen molar-refractivity contribution in [1.82, 2.24) is 0 Å². The zero-order valence-corrected chi connectivity index (χ0v) is 13.4. The molecule has 1 aromatic rings. The lowest BCUT2D eigenvalue weighted by Gasteiger charge is -2.32. The van der Waals surface area contributed by atoms with Crippen LogP contribution in [0.25, 0.3) is 0 Å². The number of carbonyl (C=O) groups is 2. The van der Waals surface area contributed by atoms with Crippen molar-refractivity contribution in [3.63, 3.8) is 0 Å². The molecule has 0 fully saturated rings. The minimum Gasteiger partial charge on any atom is -0.459 e. The summed E-state index contributed by atoms with van der Waals surface area (Å²) in [5.41, 5.74) is -0.997. The molecule has 1 heterocycles. The van der Waals surface area contributed by atoms with Gasteiger partial charge in [-0.25, -0.2) is 9.59 Å². The van der Waals surface area contributed by atoms with Crippen molar-refractivity contribution in [2.24, 2.45) is 0 Å². The van der Waals surface area contributed by atoms with E-state index in [2.05, 4.69) is 0 Å². The van der Waals surface area contributed by atoms with Crippen LogP contribution in [0.2, 0.25) is 0 Å². The Bertz CT molecular complexity index is 615. The summed E-state index contributed by atoms with van der Waals surface area (Å²) in [6.45, 7) is 4.52. The summed E-state index contributed by atoms with van der Waals surface area (Å²) >= 11 is 0. The zero-order chi connectivity index (χ0) is 17.1. The molecule has 1 aliphatic rings. The molecule has 0 aliphatic carbocycles. The molecule has 2 rings (SSSR count). The lowest BCUT2D eigenvalue weighted by atomic mass is 10.0. The van der Waals surface area contributed by atoms with E-state index < -0.39 is 23.3 Å². The molecule has 0 saturated heterocycles. The third kappa shape index (κ3) is 4.82. The lowest BCUT2D eigenvalue weighted by Crippen LogP contribution is -2.41. The first-order chi connectivity index (χ1) is 10.7. The number of cyclic esters (lactones) is 1. The van der Waals surface area contributed by atoms with E-state index in [1.165, 1.54) is 6.92 Å². The number of carbonyl (C=O) groups excluding carboxylic acids is 2. The van der Waals surface area contributed by atoms with Gasteiger partial charge in [-0.05, 0) is 12.5 Å². The van der Waals surface area contributed by atoms with Gasteiger partial charge in [0.25, 0.3) is 0 Å². The number of hydrogen-bond donors (Lipinski definition) is 1. The smallest absolute Gasteiger partial charge is 0.338 e. The molecule has 0 bridgehead atoms. The molecule has 1 aromatic carbocycles. The Hall–Kier alpha value is -2.34. The summed E-state index contributed by atoms with van der Waals surface area (Å²) < 4.78 is 15.5. The number of esters is 2. The van der Waals surface area contributed by atoms with Crippen molar-refractivity contribution >= 4 is 11.9 Å². The Balaban J connectivity index is 1.97. The summed E-state index contributed by atoms with van der Waals surface area (Å²) in [5.74, 6) is -2.33. The molecule has 0 saturated carbocycles. The fraction of sp³-hybridized carbons (Fsp3) is 0.412. The minimum absolute atomic E-state index is 0.0588. The highest BCUT2D eigenvalue weighted by Gasteiger charge is 2.38. The van der Waals surface area contributed by atoms with E-state index >= 15 is 0 Å². The van der Waals surface area contributed by atoms with Crippen molar-refractivity contribution in [3.8, 4) is 0 Å². The van der Waals surface area contributed by atoms with Crippen LogP contribution in [0.15, 0.2) is 42.2 Å². The van der Waals surface area contributed by atoms with Crippen molar-refractivity contribution < 1.29 is 28.9 Å². The highest BCUT2D eigenvalue weighted by atomic mass is 16.7. The number of benzene rings is 1. The first-order valence-electron chi connectivity index (χ1n) is 7.24. The molecule has 6 heteroatoms. The van der Waals surface area contributed by atoms with Gasteiger partial charge in [-0.3, -0.25) is 0 Å². The maximum absolute atomic E-state index is 12.1. The van der Waals surface area contributed by atoms with Gasteiger partial charge in [-0.2, -0.15) is 0 Å². The topological polar surface area (TPSA) is 82.1 Å². The first kappa shape index (κ1) is 17.0. The summed E-state index contributed by atoms with van der Waals surface area (Å²) in [7, 11) is 0. The molecule has 6 nitrogen and oxygen atoms in total. The summed E-state index contributed by atoms with van der Waals surface area (Å²) in [5, 5.41) is 10.3. The van der Waals surface area contributed by atoms with Crippen LogP contribution in [0.1, 0.15) is 32.8 Å². The highest BCUT2D eigenvalue weighted by molar-refractivity contribution is 5.84. The molecule has 0 unspecified atom stereocenters. The van der Waals surface area contributed by atoms with Gasteiger partial charge in [0.05, 0.1) is 6.08 Å². The lowest BCUT2D eigenvalue weighted by molar-refractivity contribution is -0.209. The minimum atomic E-state index is -1.81. The van der Waals surface area contributed by atoms with E-state index in [9.17, 15) is 14.7 Å². The number of rotatable bonds is 5. The van der Waals surface area contributed by atoms with Crippen LogP contribution in [-0.2, 0) is 30.4 Å². The standard InChI is InChI=1S/C17H20O6/c1-16(2)22-13(9-14(18)23-16)10-17(3,20)15(19)21-11-12-7-5-4-6-8-12/h4-9,20H,10-11H2,1-3H3/t17-/m0/s1. The third-order valence-electron chi connectivity index (χ3n) is 3.17. The molecule has 124 valence electrons. The molecule has 1 aliphatic heterocycles. The number of ether oxygens (including phenoxy) is 3. The predicted molar refractivity (Wildman–Crippen MR) is 80.8 cm³/mol. The summed E-state index contributed by atoms with van der Waals surface area (Å²) in [6.07, 6.45) is 0.934. The van der Waals surface area contributed by atoms with Gasteiger partial charge >= 0.3 is 11.9 Å². The van der Waals surface area contributed by atoms with Gasteiger partial charge < -0.3 is 19.3 Å². The second kappa shape index (κ2) is 6.42. The van der Waals surface area contributed by atoms with Gasteiger partial charge in [-0.15, -0.1) is 0 Å². The van der Waals surface area contributed by atoms with E-state index in [0.717, 1.165) is 11.6 Å². The van der Waals surface area contributed by atoms with Crippen LogP contribution < -0.4 is 0 Å². The number of hydrogen-bond acceptors (Lipinski definition) is 6. The second-order valence-electron chi connectivity index (χ2n) is 6.05. The quantitative estimate of drug-likeness (QED) is 0.836. The van der Waals surface area contributed by atoms with Crippen LogP contribution in [0.4, 0.5) is 0 Å². The average molecular weight is 320 g/mol. The largest absolute Gasteiger partial charge is 0.459 e. The monoisotopic (exact) mass is 320 g/mol. The molecule has 0 spiro atoms. The fourth-order valence-corrected chi connectivity index (χ4v) is 2.15. The Kier molecular flexibility index (Phi) is 4.75. The molecule has 0 aromatic heterocycles. The molecule has 0 amide bonds. The van der Waals surface area contributed by atoms with E-state index in [1.54, 1.807) is 13.8 Å². The van der Waals surface area contributed by atoms with Gasteiger partial charge in [0.1, 0.15) is 12.4 Å². The molecular weight excluding hydrogens is 300 g/mol. The molecule has 1 atom stereocenters. The molecule has 0 radical (unpaired) electrons. The first-order valence-corrected chi connectivity index (χ1v) is 7.24. The van der Waals surface area contributed by atoms with Gasteiger partial charge in [0, 0.05) is 20.3 Å². The Morgan fingerprint density at radius 3 is 2.52 bits per heavy atom. The van der Waals surface area contributed by atoms with Crippen molar-refractivity contribution in [2.45, 2.75) is 45.2 Å². The Morgan fingerprint density at radius 2 is 1.91 bits per heavy atom. The summed E-state index contributed by atoms with van der Waals surface area (Å²) in [6, 6.07) is 9.14. The van der Waals surface area contributed by atoms with Crippen molar-refractivity contribution in [2.75, 3.05) is 0 Å². The normalized spacial score (nSPS) is 19.0. The van der Waals surface area contributed by atoms with Crippen LogP contribution in [0.3, 0.4) is 0 Å². The average Bonchev–Trinajstić information content (AvgIpc) is 2.43.